The van der Waals surface area contributed by atoms with Gasteiger partial charge in [0.15, 0.2) is 5.78 Å². The summed E-state index contributed by atoms with van der Waals surface area (Å²) in [6.07, 6.45) is 0. The molecule has 0 radical (unpaired) electrons. The second-order valence-corrected chi connectivity index (χ2v) is 7.17. The Morgan fingerprint density at radius 1 is 1.24 bits per heavy atom. The Morgan fingerprint density at radius 2 is 1.81 bits per heavy atom. The summed E-state index contributed by atoms with van der Waals surface area (Å²) in [5, 5.41) is 10.0. The highest BCUT2D eigenvalue weighted by atomic mass is 16.5. The van der Waals surface area contributed by atoms with E-state index in [4.69, 9.17) is 4.74 Å². The van der Waals surface area contributed by atoms with Gasteiger partial charge >= 0.3 is 0 Å². The van der Waals surface area contributed by atoms with E-state index < -0.39 is 0 Å². The quantitative estimate of drug-likeness (QED) is 0.870. The molecule has 0 spiro atoms. The number of hydrogen-bond donors (Lipinski definition) is 1. The maximum Gasteiger partial charge on any atom is 0.159 e. The molecule has 1 aliphatic rings. The first kappa shape index (κ1) is 16.0. The van der Waals surface area contributed by atoms with Gasteiger partial charge in [-0.05, 0) is 52.8 Å². The van der Waals surface area contributed by atoms with Crippen molar-refractivity contribution in [2.24, 2.45) is 0 Å². The number of ketones is 1. The monoisotopic (exact) mass is 291 g/mol. The van der Waals surface area contributed by atoms with Gasteiger partial charge in [-0.1, -0.05) is 0 Å². The number of morpholine rings is 1. The highest BCUT2D eigenvalue weighted by Gasteiger charge is 2.38. The number of rotatable bonds is 3. The molecule has 0 atom stereocenters. The van der Waals surface area contributed by atoms with E-state index in [9.17, 15) is 9.90 Å². The molecule has 4 heteroatoms. The van der Waals surface area contributed by atoms with E-state index in [0.29, 0.717) is 12.1 Å². The predicted molar refractivity (Wildman–Crippen MR) is 82.6 cm³/mol. The van der Waals surface area contributed by atoms with Gasteiger partial charge in [0.25, 0.3) is 0 Å². The first-order valence-corrected chi connectivity index (χ1v) is 7.33. The van der Waals surface area contributed by atoms with Crippen molar-refractivity contribution < 1.29 is 14.6 Å². The van der Waals surface area contributed by atoms with Crippen LogP contribution in [0.25, 0.3) is 0 Å². The third-order valence-corrected chi connectivity index (χ3v) is 3.64. The van der Waals surface area contributed by atoms with Crippen LogP contribution in [0.5, 0.6) is 5.75 Å². The SMILES string of the molecule is CC(=O)c1ccc(O)c(CN2CC(C)(C)OC(C)(C)C2)c1. The van der Waals surface area contributed by atoms with E-state index in [0.717, 1.165) is 18.7 Å². The van der Waals surface area contributed by atoms with Crippen molar-refractivity contribution in [2.45, 2.75) is 52.4 Å². The lowest BCUT2D eigenvalue weighted by atomic mass is 9.98. The normalized spacial score (nSPS) is 21.2. The standard InChI is InChI=1S/C17H25NO3/c1-12(19)13-6-7-15(20)14(8-13)9-18-10-16(2,3)21-17(4,5)11-18/h6-8,20H,9-11H2,1-5H3. The van der Waals surface area contributed by atoms with E-state index >= 15 is 0 Å². The van der Waals surface area contributed by atoms with Crippen molar-refractivity contribution >= 4 is 5.78 Å². The third kappa shape index (κ3) is 4.05. The molecule has 1 N–H and O–H groups in total. The van der Waals surface area contributed by atoms with Crippen LogP contribution < -0.4 is 0 Å². The van der Waals surface area contributed by atoms with Crippen molar-refractivity contribution in [1.29, 1.82) is 0 Å². The van der Waals surface area contributed by atoms with Gasteiger partial charge in [-0.25, -0.2) is 0 Å². The molecule has 0 aromatic heterocycles. The topological polar surface area (TPSA) is 49.8 Å². The predicted octanol–water partition coefficient (Wildman–Crippen LogP) is 2.98. The number of carbonyl (C=O) groups is 1. The van der Waals surface area contributed by atoms with E-state index in [1.54, 1.807) is 18.2 Å². The average Bonchev–Trinajstić information content (AvgIpc) is 2.27. The minimum atomic E-state index is -0.227. The van der Waals surface area contributed by atoms with Gasteiger partial charge in [0.1, 0.15) is 5.75 Å². The fourth-order valence-corrected chi connectivity index (χ4v) is 3.23. The number of benzene rings is 1. The van der Waals surface area contributed by atoms with E-state index in [1.165, 1.54) is 6.92 Å². The van der Waals surface area contributed by atoms with Gasteiger partial charge in [0.2, 0.25) is 0 Å². The van der Waals surface area contributed by atoms with Crippen LogP contribution in [0.4, 0.5) is 0 Å². The Labute approximate surface area is 126 Å². The summed E-state index contributed by atoms with van der Waals surface area (Å²) in [4.78, 5) is 13.8. The number of Topliss-reactive ketones (excluding diaryl/α,β-unsaturated/α-hetero) is 1. The molecule has 21 heavy (non-hydrogen) atoms. The zero-order chi connectivity index (χ0) is 15.8. The second kappa shape index (κ2) is 5.43. The highest BCUT2D eigenvalue weighted by molar-refractivity contribution is 5.94. The summed E-state index contributed by atoms with van der Waals surface area (Å²) in [5.74, 6) is 0.251. The van der Waals surface area contributed by atoms with Crippen LogP contribution in [0.3, 0.4) is 0 Å². The molecule has 1 saturated heterocycles. The summed E-state index contributed by atoms with van der Waals surface area (Å²) in [6, 6.07) is 5.05. The van der Waals surface area contributed by atoms with E-state index in [-0.39, 0.29) is 22.7 Å². The van der Waals surface area contributed by atoms with Crippen LogP contribution >= 0.6 is 0 Å². The lowest BCUT2D eigenvalue weighted by Gasteiger charge is -2.47. The fraction of sp³-hybridized carbons (Fsp3) is 0.588. The molecular weight excluding hydrogens is 266 g/mol. The van der Waals surface area contributed by atoms with Crippen molar-refractivity contribution in [3.05, 3.63) is 29.3 Å². The third-order valence-electron chi connectivity index (χ3n) is 3.64. The molecule has 0 aliphatic carbocycles. The minimum Gasteiger partial charge on any atom is -0.508 e. The summed E-state index contributed by atoms with van der Waals surface area (Å²) < 4.78 is 6.06. The maximum absolute atomic E-state index is 11.5. The minimum absolute atomic E-state index is 0.0129. The van der Waals surface area contributed by atoms with Crippen LogP contribution in [-0.4, -0.2) is 40.1 Å². The van der Waals surface area contributed by atoms with Gasteiger partial charge in [0.05, 0.1) is 11.2 Å². The van der Waals surface area contributed by atoms with Crippen molar-refractivity contribution in [3.8, 4) is 5.75 Å². The number of phenolic OH excluding ortho intramolecular Hbond substituents is 1. The largest absolute Gasteiger partial charge is 0.508 e. The zero-order valence-corrected chi connectivity index (χ0v) is 13.6. The molecule has 1 aromatic rings. The second-order valence-electron chi connectivity index (χ2n) is 7.17. The maximum atomic E-state index is 11.5. The molecule has 0 unspecified atom stereocenters. The molecule has 1 fully saturated rings. The van der Waals surface area contributed by atoms with Gasteiger partial charge < -0.3 is 9.84 Å². The van der Waals surface area contributed by atoms with Crippen molar-refractivity contribution in [2.75, 3.05) is 13.1 Å². The first-order chi connectivity index (χ1) is 9.58. The smallest absolute Gasteiger partial charge is 0.159 e. The molecule has 0 bridgehead atoms. The van der Waals surface area contributed by atoms with Gasteiger partial charge in [0, 0.05) is 30.8 Å². The lowest BCUT2D eigenvalue weighted by molar-refractivity contribution is -0.182. The lowest BCUT2D eigenvalue weighted by Crippen LogP contribution is -2.56. The summed E-state index contributed by atoms with van der Waals surface area (Å²) in [6.45, 7) is 12.0. The van der Waals surface area contributed by atoms with Crippen LogP contribution in [0.1, 0.15) is 50.5 Å². The summed E-state index contributed by atoms with van der Waals surface area (Å²) in [5.41, 5.74) is 0.969. The molecule has 1 heterocycles. The van der Waals surface area contributed by atoms with Crippen LogP contribution in [-0.2, 0) is 11.3 Å². The molecule has 0 amide bonds. The number of phenols is 1. The highest BCUT2D eigenvalue weighted by Crippen LogP contribution is 2.30. The summed E-state index contributed by atoms with van der Waals surface area (Å²) in [7, 11) is 0. The number of aromatic hydroxyl groups is 1. The van der Waals surface area contributed by atoms with E-state index in [1.807, 2.05) is 0 Å². The van der Waals surface area contributed by atoms with Crippen LogP contribution in [0.2, 0.25) is 0 Å². The average molecular weight is 291 g/mol. The molecular formula is C17H25NO3. The zero-order valence-electron chi connectivity index (χ0n) is 13.6. The molecule has 1 aromatic carbocycles. The Balaban J connectivity index is 2.21. The molecule has 116 valence electrons. The van der Waals surface area contributed by atoms with Crippen molar-refractivity contribution in [1.82, 2.24) is 4.90 Å². The molecule has 2 rings (SSSR count). The number of ether oxygens (including phenoxy) is 1. The van der Waals surface area contributed by atoms with Crippen molar-refractivity contribution in [3.63, 3.8) is 0 Å². The molecule has 0 saturated carbocycles. The molecule has 4 nitrogen and oxygen atoms in total. The number of nitrogens with zero attached hydrogens (tertiary/aromatic N) is 1. The Kier molecular flexibility index (Phi) is 4.13. The van der Waals surface area contributed by atoms with Crippen LogP contribution in [0.15, 0.2) is 18.2 Å². The fourth-order valence-electron chi connectivity index (χ4n) is 3.23. The van der Waals surface area contributed by atoms with Crippen LogP contribution in [0, 0.1) is 0 Å². The Bertz CT molecular complexity index is 533. The number of hydrogen-bond acceptors (Lipinski definition) is 4. The van der Waals surface area contributed by atoms with Gasteiger partial charge in [-0.15, -0.1) is 0 Å². The Hall–Kier alpha value is -1.39. The van der Waals surface area contributed by atoms with E-state index in [2.05, 4.69) is 32.6 Å². The number of carbonyl (C=O) groups excluding carboxylic acids is 1. The van der Waals surface area contributed by atoms with Gasteiger partial charge in [-0.2, -0.15) is 0 Å². The van der Waals surface area contributed by atoms with Gasteiger partial charge in [-0.3, -0.25) is 9.69 Å². The molecule has 1 aliphatic heterocycles. The summed E-state index contributed by atoms with van der Waals surface area (Å²) >= 11 is 0. The Morgan fingerprint density at radius 3 is 2.33 bits per heavy atom. The first-order valence-electron chi connectivity index (χ1n) is 7.33.